The van der Waals surface area contributed by atoms with Gasteiger partial charge in [-0.2, -0.15) is 0 Å². The summed E-state index contributed by atoms with van der Waals surface area (Å²) in [5.41, 5.74) is 0.0356. The van der Waals surface area contributed by atoms with E-state index < -0.39 is 0 Å². The maximum absolute atomic E-state index is 10.9. The van der Waals surface area contributed by atoms with Crippen LogP contribution in [0.25, 0.3) is 0 Å². The Labute approximate surface area is 65.3 Å². The van der Waals surface area contributed by atoms with Crippen LogP contribution in [0.15, 0.2) is 0 Å². The van der Waals surface area contributed by atoms with Gasteiger partial charge in [0, 0.05) is 6.04 Å². The molecule has 0 bridgehead atoms. The fourth-order valence-electron chi connectivity index (χ4n) is 1.51. The van der Waals surface area contributed by atoms with E-state index in [1.165, 1.54) is 0 Å². The Hall–Kier alpha value is -0.610. The first-order valence-corrected chi connectivity index (χ1v) is 3.85. The lowest BCUT2D eigenvalue weighted by Crippen LogP contribution is -2.75. The SMILES string of the molecule is CC1NC(=O)CNC12COC2. The molecule has 4 heteroatoms. The number of ether oxygens (including phenoxy) is 1. The van der Waals surface area contributed by atoms with Crippen LogP contribution in [-0.4, -0.2) is 37.2 Å². The van der Waals surface area contributed by atoms with Crippen molar-refractivity contribution in [1.82, 2.24) is 10.6 Å². The van der Waals surface area contributed by atoms with Gasteiger partial charge >= 0.3 is 0 Å². The van der Waals surface area contributed by atoms with E-state index in [0.29, 0.717) is 19.8 Å². The fraction of sp³-hybridized carbons (Fsp3) is 0.857. The monoisotopic (exact) mass is 156 g/mol. The molecule has 2 fully saturated rings. The smallest absolute Gasteiger partial charge is 0.234 e. The summed E-state index contributed by atoms with van der Waals surface area (Å²) in [6, 6.07) is 0.192. The quantitative estimate of drug-likeness (QED) is 0.466. The minimum Gasteiger partial charge on any atom is -0.377 e. The summed E-state index contributed by atoms with van der Waals surface area (Å²) in [6.07, 6.45) is 0. The molecule has 1 atom stereocenters. The Bertz CT molecular complexity index is 189. The first-order valence-electron chi connectivity index (χ1n) is 3.85. The molecule has 62 valence electrons. The van der Waals surface area contributed by atoms with Gasteiger partial charge in [-0.3, -0.25) is 10.1 Å². The third-order valence-corrected chi connectivity index (χ3v) is 2.53. The summed E-state index contributed by atoms with van der Waals surface area (Å²) in [6.45, 7) is 3.86. The van der Waals surface area contributed by atoms with Crippen molar-refractivity contribution in [3.05, 3.63) is 0 Å². The van der Waals surface area contributed by atoms with Gasteiger partial charge in [0.25, 0.3) is 0 Å². The predicted octanol–water partition coefficient (Wildman–Crippen LogP) is -1.14. The van der Waals surface area contributed by atoms with Crippen molar-refractivity contribution >= 4 is 5.91 Å². The van der Waals surface area contributed by atoms with Gasteiger partial charge in [0.1, 0.15) is 0 Å². The normalized spacial score (nSPS) is 34.6. The summed E-state index contributed by atoms with van der Waals surface area (Å²) in [4.78, 5) is 10.9. The lowest BCUT2D eigenvalue weighted by Gasteiger charge is -2.49. The summed E-state index contributed by atoms with van der Waals surface area (Å²) >= 11 is 0. The zero-order chi connectivity index (χ0) is 7.90. The highest BCUT2D eigenvalue weighted by molar-refractivity contribution is 5.79. The highest BCUT2D eigenvalue weighted by Crippen LogP contribution is 2.22. The maximum atomic E-state index is 10.9. The van der Waals surface area contributed by atoms with E-state index in [2.05, 4.69) is 10.6 Å². The van der Waals surface area contributed by atoms with Crippen LogP contribution in [0.1, 0.15) is 6.92 Å². The Morgan fingerprint density at radius 3 is 2.82 bits per heavy atom. The molecule has 2 N–H and O–H groups in total. The Morgan fingerprint density at radius 1 is 1.64 bits per heavy atom. The van der Waals surface area contributed by atoms with Crippen LogP contribution in [0.5, 0.6) is 0 Å². The van der Waals surface area contributed by atoms with Gasteiger partial charge in [0.2, 0.25) is 5.91 Å². The van der Waals surface area contributed by atoms with Crippen LogP contribution >= 0.6 is 0 Å². The van der Waals surface area contributed by atoms with Crippen molar-refractivity contribution in [3.63, 3.8) is 0 Å². The van der Waals surface area contributed by atoms with E-state index in [4.69, 9.17) is 4.74 Å². The van der Waals surface area contributed by atoms with E-state index in [1.54, 1.807) is 0 Å². The molecule has 0 saturated carbocycles. The number of rotatable bonds is 0. The lowest BCUT2D eigenvalue weighted by molar-refractivity contribution is -0.136. The lowest BCUT2D eigenvalue weighted by atomic mass is 9.87. The maximum Gasteiger partial charge on any atom is 0.234 e. The van der Waals surface area contributed by atoms with Crippen molar-refractivity contribution in [2.45, 2.75) is 18.5 Å². The van der Waals surface area contributed by atoms with Crippen LogP contribution in [0, 0.1) is 0 Å². The summed E-state index contributed by atoms with van der Waals surface area (Å²) in [7, 11) is 0. The van der Waals surface area contributed by atoms with Crippen LogP contribution in [0.3, 0.4) is 0 Å². The second-order valence-electron chi connectivity index (χ2n) is 3.29. The van der Waals surface area contributed by atoms with Crippen LogP contribution in [0.2, 0.25) is 0 Å². The van der Waals surface area contributed by atoms with Crippen molar-refractivity contribution in [1.29, 1.82) is 0 Å². The Kier molecular flexibility index (Phi) is 1.40. The second kappa shape index (κ2) is 2.19. The molecule has 1 amide bonds. The highest BCUT2D eigenvalue weighted by Gasteiger charge is 2.46. The third kappa shape index (κ3) is 0.937. The van der Waals surface area contributed by atoms with E-state index >= 15 is 0 Å². The molecular formula is C7H12N2O2. The summed E-state index contributed by atoms with van der Waals surface area (Å²) < 4.78 is 5.11. The second-order valence-corrected chi connectivity index (χ2v) is 3.29. The molecule has 2 heterocycles. The van der Waals surface area contributed by atoms with Gasteiger partial charge in [0.05, 0.1) is 25.3 Å². The fourth-order valence-corrected chi connectivity index (χ4v) is 1.51. The van der Waals surface area contributed by atoms with Crippen LogP contribution in [-0.2, 0) is 9.53 Å². The molecule has 11 heavy (non-hydrogen) atoms. The van der Waals surface area contributed by atoms with Gasteiger partial charge in [-0.1, -0.05) is 0 Å². The molecule has 0 aromatic heterocycles. The molecule has 1 unspecified atom stereocenters. The van der Waals surface area contributed by atoms with Crippen molar-refractivity contribution in [2.75, 3.05) is 19.8 Å². The van der Waals surface area contributed by atoms with Gasteiger partial charge in [0.15, 0.2) is 0 Å². The number of carbonyl (C=O) groups is 1. The molecule has 0 aromatic rings. The number of amides is 1. The molecular weight excluding hydrogens is 144 g/mol. The van der Waals surface area contributed by atoms with Crippen molar-refractivity contribution in [3.8, 4) is 0 Å². The molecule has 0 radical (unpaired) electrons. The average Bonchev–Trinajstić information content (AvgIpc) is 1.84. The van der Waals surface area contributed by atoms with Crippen LogP contribution < -0.4 is 10.6 Å². The van der Waals surface area contributed by atoms with Gasteiger partial charge in [-0.05, 0) is 6.92 Å². The minimum atomic E-state index is 0.0356. The number of hydrogen-bond donors (Lipinski definition) is 2. The summed E-state index contributed by atoms with van der Waals surface area (Å²) in [5.74, 6) is 0.0787. The third-order valence-electron chi connectivity index (χ3n) is 2.53. The van der Waals surface area contributed by atoms with Gasteiger partial charge < -0.3 is 10.1 Å². The van der Waals surface area contributed by atoms with E-state index in [0.717, 1.165) is 0 Å². The minimum absolute atomic E-state index is 0.0356. The standard InChI is InChI=1S/C7H12N2O2/c1-5-7(3-11-4-7)8-2-6(10)9-5/h5,8H,2-4H2,1H3,(H,9,10). The zero-order valence-corrected chi connectivity index (χ0v) is 6.52. The highest BCUT2D eigenvalue weighted by atomic mass is 16.5. The number of hydrogen-bond acceptors (Lipinski definition) is 3. The molecule has 0 aliphatic carbocycles. The topological polar surface area (TPSA) is 50.4 Å². The molecule has 1 spiro atoms. The number of nitrogens with one attached hydrogen (secondary N) is 2. The first kappa shape index (κ1) is 7.06. The molecule has 2 saturated heterocycles. The van der Waals surface area contributed by atoms with Crippen LogP contribution in [0.4, 0.5) is 0 Å². The van der Waals surface area contributed by atoms with Crippen molar-refractivity contribution in [2.24, 2.45) is 0 Å². The summed E-state index contributed by atoms with van der Waals surface area (Å²) in [5, 5.41) is 6.09. The molecule has 0 aromatic carbocycles. The average molecular weight is 156 g/mol. The molecule has 2 rings (SSSR count). The van der Waals surface area contributed by atoms with Gasteiger partial charge in [-0.15, -0.1) is 0 Å². The first-order chi connectivity index (χ1) is 5.23. The van der Waals surface area contributed by atoms with E-state index in [-0.39, 0.29) is 17.5 Å². The number of carbonyl (C=O) groups excluding carboxylic acids is 1. The van der Waals surface area contributed by atoms with E-state index in [1.807, 2.05) is 6.92 Å². The van der Waals surface area contributed by atoms with Gasteiger partial charge in [-0.25, -0.2) is 0 Å². The molecule has 4 nitrogen and oxygen atoms in total. The largest absolute Gasteiger partial charge is 0.377 e. The Balaban J connectivity index is 2.06. The Morgan fingerprint density at radius 2 is 2.36 bits per heavy atom. The van der Waals surface area contributed by atoms with Crippen molar-refractivity contribution < 1.29 is 9.53 Å². The molecule has 2 aliphatic heterocycles. The number of piperazine rings is 1. The van der Waals surface area contributed by atoms with E-state index in [9.17, 15) is 4.79 Å². The predicted molar refractivity (Wildman–Crippen MR) is 39.2 cm³/mol. The molecule has 2 aliphatic rings. The zero-order valence-electron chi connectivity index (χ0n) is 6.52.